The Morgan fingerprint density at radius 3 is 2.77 bits per heavy atom. The van der Waals surface area contributed by atoms with Gasteiger partial charge in [-0.1, -0.05) is 12.1 Å². The highest BCUT2D eigenvalue weighted by Crippen LogP contribution is 2.18. The SMILES string of the molecule is O=C(COC(=O)/C=C/c1cccc(F)c1)NC(=O)NC1CC1. The number of rotatable bonds is 5. The number of hydrogen-bond acceptors (Lipinski definition) is 4. The molecule has 0 saturated heterocycles. The molecule has 1 aliphatic rings. The van der Waals surface area contributed by atoms with E-state index in [-0.39, 0.29) is 6.04 Å². The molecule has 1 aliphatic carbocycles. The maximum atomic E-state index is 12.9. The molecule has 1 aromatic rings. The van der Waals surface area contributed by atoms with Crippen LogP contribution in [0.2, 0.25) is 0 Å². The number of urea groups is 1. The minimum Gasteiger partial charge on any atom is -0.452 e. The molecule has 2 N–H and O–H groups in total. The van der Waals surface area contributed by atoms with Crippen LogP contribution in [0.25, 0.3) is 6.08 Å². The molecular formula is C15H15FN2O4. The monoisotopic (exact) mass is 306 g/mol. The molecule has 116 valence electrons. The van der Waals surface area contributed by atoms with Crippen molar-refractivity contribution in [1.29, 1.82) is 0 Å². The van der Waals surface area contributed by atoms with Crippen LogP contribution < -0.4 is 10.6 Å². The summed E-state index contributed by atoms with van der Waals surface area (Å²) in [6, 6.07) is 5.18. The molecule has 0 unspecified atom stereocenters. The van der Waals surface area contributed by atoms with E-state index in [1.165, 1.54) is 24.3 Å². The minimum absolute atomic E-state index is 0.129. The summed E-state index contributed by atoms with van der Waals surface area (Å²) in [4.78, 5) is 34.0. The third-order valence-corrected chi connectivity index (χ3v) is 2.77. The predicted molar refractivity (Wildman–Crippen MR) is 76.1 cm³/mol. The Morgan fingerprint density at radius 1 is 1.32 bits per heavy atom. The van der Waals surface area contributed by atoms with Crippen molar-refractivity contribution < 1.29 is 23.5 Å². The summed E-state index contributed by atoms with van der Waals surface area (Å²) >= 11 is 0. The fraction of sp³-hybridized carbons (Fsp3) is 0.267. The molecule has 0 heterocycles. The first-order chi connectivity index (χ1) is 10.5. The Bertz CT molecular complexity index is 611. The Kier molecular flexibility index (Phi) is 5.24. The topological polar surface area (TPSA) is 84.5 Å². The second-order valence-corrected chi connectivity index (χ2v) is 4.79. The summed E-state index contributed by atoms with van der Waals surface area (Å²) in [6.45, 7) is -0.565. The normalized spacial score (nSPS) is 13.7. The van der Waals surface area contributed by atoms with Crippen molar-refractivity contribution in [2.75, 3.05) is 6.61 Å². The van der Waals surface area contributed by atoms with Crippen LogP contribution in [0.3, 0.4) is 0 Å². The standard InChI is InChI=1S/C15H15FN2O4/c16-11-3-1-2-10(8-11)4-7-14(20)22-9-13(19)18-15(21)17-12-5-6-12/h1-4,7-8,12H,5-6,9H2,(H2,17,18,19,21)/b7-4+. The highest BCUT2D eigenvalue weighted by Gasteiger charge is 2.23. The quantitative estimate of drug-likeness (QED) is 0.635. The Balaban J connectivity index is 1.70. The number of amides is 3. The first-order valence-corrected chi connectivity index (χ1v) is 6.73. The lowest BCUT2D eigenvalue weighted by Crippen LogP contribution is -2.42. The summed E-state index contributed by atoms with van der Waals surface area (Å²) in [7, 11) is 0. The Morgan fingerprint density at radius 2 is 2.09 bits per heavy atom. The van der Waals surface area contributed by atoms with E-state index in [9.17, 15) is 18.8 Å². The van der Waals surface area contributed by atoms with Crippen molar-refractivity contribution >= 4 is 24.0 Å². The lowest BCUT2D eigenvalue weighted by atomic mass is 10.2. The van der Waals surface area contributed by atoms with E-state index < -0.39 is 30.3 Å². The fourth-order valence-corrected chi connectivity index (χ4v) is 1.57. The number of halogens is 1. The van der Waals surface area contributed by atoms with Crippen molar-refractivity contribution in [3.63, 3.8) is 0 Å². The molecule has 0 atom stereocenters. The number of nitrogens with one attached hydrogen (secondary N) is 2. The zero-order valence-corrected chi connectivity index (χ0v) is 11.7. The number of hydrogen-bond donors (Lipinski definition) is 2. The first kappa shape index (κ1) is 15.7. The number of imide groups is 1. The predicted octanol–water partition coefficient (Wildman–Crippen LogP) is 1.37. The van der Waals surface area contributed by atoms with E-state index in [1.54, 1.807) is 6.07 Å². The van der Waals surface area contributed by atoms with E-state index in [4.69, 9.17) is 0 Å². The summed E-state index contributed by atoms with van der Waals surface area (Å²) < 4.78 is 17.6. The average molecular weight is 306 g/mol. The molecule has 1 aromatic carbocycles. The molecule has 0 aliphatic heterocycles. The van der Waals surface area contributed by atoms with Crippen LogP contribution in [-0.4, -0.2) is 30.6 Å². The van der Waals surface area contributed by atoms with Gasteiger partial charge in [0.15, 0.2) is 6.61 Å². The van der Waals surface area contributed by atoms with E-state index >= 15 is 0 Å². The van der Waals surface area contributed by atoms with Gasteiger partial charge in [0.25, 0.3) is 5.91 Å². The largest absolute Gasteiger partial charge is 0.452 e. The van der Waals surface area contributed by atoms with Crippen LogP contribution in [0.1, 0.15) is 18.4 Å². The number of esters is 1. The second kappa shape index (κ2) is 7.35. The van der Waals surface area contributed by atoms with E-state index in [2.05, 4.69) is 10.1 Å². The maximum Gasteiger partial charge on any atom is 0.331 e. The average Bonchev–Trinajstić information content (AvgIpc) is 3.26. The van der Waals surface area contributed by atoms with Crippen LogP contribution in [0.5, 0.6) is 0 Å². The third-order valence-electron chi connectivity index (χ3n) is 2.77. The van der Waals surface area contributed by atoms with Gasteiger partial charge in [-0.05, 0) is 36.6 Å². The molecule has 0 bridgehead atoms. The van der Waals surface area contributed by atoms with Gasteiger partial charge in [-0.15, -0.1) is 0 Å². The number of ether oxygens (including phenoxy) is 1. The highest BCUT2D eigenvalue weighted by molar-refractivity contribution is 5.96. The lowest BCUT2D eigenvalue weighted by Gasteiger charge is -2.05. The first-order valence-electron chi connectivity index (χ1n) is 6.73. The molecule has 0 spiro atoms. The lowest BCUT2D eigenvalue weighted by molar-refractivity contribution is -0.143. The van der Waals surface area contributed by atoms with Crippen LogP contribution >= 0.6 is 0 Å². The summed E-state index contributed by atoms with van der Waals surface area (Å²) in [5.74, 6) is -1.90. The van der Waals surface area contributed by atoms with Crippen LogP contribution in [0.4, 0.5) is 9.18 Å². The van der Waals surface area contributed by atoms with E-state index in [0.717, 1.165) is 18.9 Å². The maximum absolute atomic E-state index is 12.9. The zero-order chi connectivity index (χ0) is 15.9. The molecule has 3 amide bonds. The van der Waals surface area contributed by atoms with Gasteiger partial charge in [-0.3, -0.25) is 10.1 Å². The molecule has 0 aromatic heterocycles. The van der Waals surface area contributed by atoms with Crippen LogP contribution in [0.15, 0.2) is 30.3 Å². The van der Waals surface area contributed by atoms with Gasteiger partial charge in [0.2, 0.25) is 0 Å². The molecule has 1 saturated carbocycles. The van der Waals surface area contributed by atoms with Crippen molar-refractivity contribution in [3.05, 3.63) is 41.7 Å². The van der Waals surface area contributed by atoms with Gasteiger partial charge < -0.3 is 10.1 Å². The number of carbonyl (C=O) groups is 3. The van der Waals surface area contributed by atoms with Crippen LogP contribution in [0, 0.1) is 5.82 Å². The molecular weight excluding hydrogens is 291 g/mol. The van der Waals surface area contributed by atoms with Crippen molar-refractivity contribution in [1.82, 2.24) is 10.6 Å². The van der Waals surface area contributed by atoms with Gasteiger partial charge in [-0.25, -0.2) is 14.0 Å². The molecule has 6 nitrogen and oxygen atoms in total. The number of benzene rings is 1. The molecule has 2 rings (SSSR count). The molecule has 7 heteroatoms. The molecule has 22 heavy (non-hydrogen) atoms. The van der Waals surface area contributed by atoms with Gasteiger partial charge in [-0.2, -0.15) is 0 Å². The summed E-state index contributed by atoms with van der Waals surface area (Å²) in [6.07, 6.45) is 4.25. The molecule has 1 fully saturated rings. The fourth-order valence-electron chi connectivity index (χ4n) is 1.57. The van der Waals surface area contributed by atoms with Crippen LogP contribution in [-0.2, 0) is 14.3 Å². The van der Waals surface area contributed by atoms with E-state index in [1.807, 2.05) is 5.32 Å². The van der Waals surface area contributed by atoms with Gasteiger partial charge in [0.05, 0.1) is 0 Å². The van der Waals surface area contributed by atoms with Gasteiger partial charge in [0, 0.05) is 12.1 Å². The van der Waals surface area contributed by atoms with E-state index in [0.29, 0.717) is 5.56 Å². The Labute approximate surface area is 126 Å². The summed E-state index contributed by atoms with van der Waals surface area (Å²) in [5, 5.41) is 4.61. The van der Waals surface area contributed by atoms with Gasteiger partial charge >= 0.3 is 12.0 Å². The van der Waals surface area contributed by atoms with Crippen molar-refractivity contribution in [3.8, 4) is 0 Å². The van der Waals surface area contributed by atoms with Crippen molar-refractivity contribution in [2.24, 2.45) is 0 Å². The highest BCUT2D eigenvalue weighted by atomic mass is 19.1. The smallest absolute Gasteiger partial charge is 0.331 e. The minimum atomic E-state index is -0.762. The third kappa shape index (κ3) is 5.74. The number of carbonyl (C=O) groups excluding carboxylic acids is 3. The van der Waals surface area contributed by atoms with Crippen molar-refractivity contribution in [2.45, 2.75) is 18.9 Å². The Hall–Kier alpha value is -2.70. The zero-order valence-electron chi connectivity index (χ0n) is 11.7. The summed E-state index contributed by atoms with van der Waals surface area (Å²) in [5.41, 5.74) is 0.491. The second-order valence-electron chi connectivity index (χ2n) is 4.79. The molecule has 0 radical (unpaired) electrons. The van der Waals surface area contributed by atoms with Gasteiger partial charge in [0.1, 0.15) is 5.82 Å².